The van der Waals surface area contributed by atoms with E-state index in [-0.39, 0.29) is 0 Å². The zero-order valence-corrected chi connectivity index (χ0v) is 9.64. The van der Waals surface area contributed by atoms with E-state index < -0.39 is 6.10 Å². The molecular weight excluding hydrogens is 208 g/mol. The van der Waals surface area contributed by atoms with Crippen molar-refractivity contribution >= 4 is 5.82 Å². The second-order valence-electron chi connectivity index (χ2n) is 3.27. The molecule has 0 saturated carbocycles. The molecule has 1 rings (SSSR count). The van der Waals surface area contributed by atoms with Crippen molar-refractivity contribution < 1.29 is 14.6 Å². The smallest absolute Gasteiger partial charge is 0.168 e. The van der Waals surface area contributed by atoms with Gasteiger partial charge in [-0.2, -0.15) is 0 Å². The molecule has 0 aliphatic heterocycles. The summed E-state index contributed by atoms with van der Waals surface area (Å²) in [6.45, 7) is 3.17. The molecule has 0 spiro atoms. The van der Waals surface area contributed by atoms with Gasteiger partial charge < -0.3 is 19.9 Å². The van der Waals surface area contributed by atoms with Crippen molar-refractivity contribution in [2.75, 3.05) is 32.2 Å². The Labute approximate surface area is 95.4 Å². The molecule has 0 amide bonds. The molecule has 0 aliphatic rings. The number of pyridine rings is 1. The predicted octanol–water partition coefficient (Wildman–Crippen LogP) is 0.899. The number of anilines is 1. The van der Waals surface area contributed by atoms with Crippen molar-refractivity contribution in [3.63, 3.8) is 0 Å². The lowest BCUT2D eigenvalue weighted by Gasteiger charge is -2.13. The Balaban J connectivity index is 2.52. The number of aliphatic hydroxyl groups excluding tert-OH is 1. The minimum atomic E-state index is -0.554. The monoisotopic (exact) mass is 226 g/mol. The highest BCUT2D eigenvalue weighted by Crippen LogP contribution is 2.20. The molecule has 16 heavy (non-hydrogen) atoms. The number of nitrogens with zero attached hydrogens (tertiary/aromatic N) is 1. The number of ether oxygens (including phenoxy) is 2. The molecule has 2 N–H and O–H groups in total. The van der Waals surface area contributed by atoms with E-state index >= 15 is 0 Å². The Hall–Kier alpha value is -1.33. The molecule has 90 valence electrons. The molecule has 5 nitrogen and oxygen atoms in total. The quantitative estimate of drug-likeness (QED) is 0.723. The molecule has 1 heterocycles. The number of methoxy groups -OCH3 is 1. The summed E-state index contributed by atoms with van der Waals surface area (Å²) < 4.78 is 10.2. The SMILES string of the molecule is CCOc1cccnc1NCC(O)COC. The summed E-state index contributed by atoms with van der Waals surface area (Å²) in [6, 6.07) is 3.64. The van der Waals surface area contributed by atoms with E-state index in [1.807, 2.05) is 19.1 Å². The number of aliphatic hydroxyl groups is 1. The Morgan fingerprint density at radius 2 is 2.38 bits per heavy atom. The standard InChI is InChI=1S/C11H18N2O3/c1-3-16-10-5-4-6-12-11(10)13-7-9(14)8-15-2/h4-6,9,14H,3,7-8H2,1-2H3,(H,12,13). The first-order valence-corrected chi connectivity index (χ1v) is 5.26. The summed E-state index contributed by atoms with van der Waals surface area (Å²) in [7, 11) is 1.55. The Morgan fingerprint density at radius 3 is 3.06 bits per heavy atom. The Bertz CT molecular complexity index is 307. The minimum Gasteiger partial charge on any atom is -0.490 e. The maximum Gasteiger partial charge on any atom is 0.168 e. The van der Waals surface area contributed by atoms with Crippen LogP contribution in [0.4, 0.5) is 5.82 Å². The highest BCUT2D eigenvalue weighted by molar-refractivity contribution is 5.49. The van der Waals surface area contributed by atoms with E-state index in [9.17, 15) is 5.11 Å². The highest BCUT2D eigenvalue weighted by atomic mass is 16.5. The molecule has 0 saturated heterocycles. The van der Waals surface area contributed by atoms with Gasteiger partial charge in [-0.1, -0.05) is 0 Å². The molecule has 5 heteroatoms. The van der Waals surface area contributed by atoms with Crippen LogP contribution in [-0.2, 0) is 4.74 Å². The topological polar surface area (TPSA) is 63.6 Å². The van der Waals surface area contributed by atoms with E-state index in [4.69, 9.17) is 9.47 Å². The average Bonchev–Trinajstić information content (AvgIpc) is 2.29. The zero-order chi connectivity index (χ0) is 11.8. The van der Waals surface area contributed by atoms with Gasteiger partial charge in [0.25, 0.3) is 0 Å². The number of aromatic nitrogens is 1. The lowest BCUT2D eigenvalue weighted by atomic mass is 10.3. The van der Waals surface area contributed by atoms with Crippen LogP contribution in [0, 0.1) is 0 Å². The van der Waals surface area contributed by atoms with Gasteiger partial charge in [-0.3, -0.25) is 0 Å². The second kappa shape index (κ2) is 7.03. The molecular formula is C11H18N2O3. The van der Waals surface area contributed by atoms with Gasteiger partial charge >= 0.3 is 0 Å². The van der Waals surface area contributed by atoms with E-state index in [0.717, 1.165) is 0 Å². The molecule has 1 unspecified atom stereocenters. The fraction of sp³-hybridized carbons (Fsp3) is 0.545. The molecule has 0 fully saturated rings. The van der Waals surface area contributed by atoms with Gasteiger partial charge in [0.1, 0.15) is 0 Å². The van der Waals surface area contributed by atoms with E-state index in [2.05, 4.69) is 10.3 Å². The van der Waals surface area contributed by atoms with Crippen molar-refractivity contribution in [1.82, 2.24) is 4.98 Å². The highest BCUT2D eigenvalue weighted by Gasteiger charge is 2.07. The molecule has 0 aromatic carbocycles. The summed E-state index contributed by atoms with van der Waals surface area (Å²) in [6.07, 6.45) is 1.12. The summed E-state index contributed by atoms with van der Waals surface area (Å²) in [5.74, 6) is 1.33. The van der Waals surface area contributed by atoms with Crippen LogP contribution in [0.25, 0.3) is 0 Å². The average molecular weight is 226 g/mol. The molecule has 0 bridgehead atoms. The fourth-order valence-corrected chi connectivity index (χ4v) is 1.26. The molecule has 0 radical (unpaired) electrons. The number of hydrogen-bond donors (Lipinski definition) is 2. The van der Waals surface area contributed by atoms with Gasteiger partial charge in [-0.05, 0) is 19.1 Å². The van der Waals surface area contributed by atoms with Gasteiger partial charge in [0.2, 0.25) is 0 Å². The van der Waals surface area contributed by atoms with Crippen LogP contribution in [0.5, 0.6) is 5.75 Å². The normalized spacial score (nSPS) is 12.2. The van der Waals surface area contributed by atoms with Crippen molar-refractivity contribution in [3.8, 4) is 5.75 Å². The van der Waals surface area contributed by atoms with E-state index in [1.54, 1.807) is 13.3 Å². The number of rotatable bonds is 7. The van der Waals surface area contributed by atoms with E-state index in [1.165, 1.54) is 0 Å². The fourth-order valence-electron chi connectivity index (χ4n) is 1.26. The van der Waals surface area contributed by atoms with Crippen LogP contribution in [0.1, 0.15) is 6.92 Å². The van der Waals surface area contributed by atoms with Crippen molar-refractivity contribution in [1.29, 1.82) is 0 Å². The van der Waals surface area contributed by atoms with Crippen molar-refractivity contribution in [3.05, 3.63) is 18.3 Å². The van der Waals surface area contributed by atoms with Crippen LogP contribution in [0.15, 0.2) is 18.3 Å². The first kappa shape index (κ1) is 12.7. The first-order valence-electron chi connectivity index (χ1n) is 5.26. The maximum atomic E-state index is 9.48. The molecule has 1 atom stereocenters. The first-order chi connectivity index (χ1) is 7.77. The van der Waals surface area contributed by atoms with Gasteiger partial charge in [-0.15, -0.1) is 0 Å². The number of hydrogen-bond acceptors (Lipinski definition) is 5. The van der Waals surface area contributed by atoms with Crippen LogP contribution in [0.2, 0.25) is 0 Å². The van der Waals surface area contributed by atoms with Gasteiger partial charge in [0, 0.05) is 19.9 Å². The molecule has 0 aliphatic carbocycles. The van der Waals surface area contributed by atoms with Gasteiger partial charge in [-0.25, -0.2) is 4.98 Å². The maximum absolute atomic E-state index is 9.48. The molecule has 1 aromatic rings. The minimum absolute atomic E-state index is 0.295. The lowest BCUT2D eigenvalue weighted by molar-refractivity contribution is 0.0727. The van der Waals surface area contributed by atoms with Crippen molar-refractivity contribution in [2.24, 2.45) is 0 Å². The van der Waals surface area contributed by atoms with Crippen LogP contribution in [-0.4, -0.2) is 43.1 Å². The second-order valence-corrected chi connectivity index (χ2v) is 3.27. The zero-order valence-electron chi connectivity index (χ0n) is 9.64. The largest absolute Gasteiger partial charge is 0.490 e. The van der Waals surface area contributed by atoms with Gasteiger partial charge in [0.15, 0.2) is 11.6 Å². The lowest BCUT2D eigenvalue weighted by Crippen LogP contribution is -2.24. The van der Waals surface area contributed by atoms with Crippen LogP contribution in [0.3, 0.4) is 0 Å². The van der Waals surface area contributed by atoms with Crippen LogP contribution < -0.4 is 10.1 Å². The third-order valence-corrected chi connectivity index (χ3v) is 1.93. The Kier molecular flexibility index (Phi) is 5.60. The third-order valence-electron chi connectivity index (χ3n) is 1.93. The van der Waals surface area contributed by atoms with E-state index in [0.29, 0.717) is 31.3 Å². The van der Waals surface area contributed by atoms with Gasteiger partial charge in [0.05, 0.1) is 19.3 Å². The summed E-state index contributed by atoms with van der Waals surface area (Å²) >= 11 is 0. The Morgan fingerprint density at radius 1 is 1.56 bits per heavy atom. The molecule has 1 aromatic heterocycles. The van der Waals surface area contributed by atoms with Crippen molar-refractivity contribution in [2.45, 2.75) is 13.0 Å². The summed E-state index contributed by atoms with van der Waals surface area (Å²) in [4.78, 5) is 4.14. The number of nitrogens with one attached hydrogen (secondary N) is 1. The predicted molar refractivity (Wildman–Crippen MR) is 61.8 cm³/mol. The summed E-state index contributed by atoms with van der Waals surface area (Å²) in [5, 5.41) is 12.5. The summed E-state index contributed by atoms with van der Waals surface area (Å²) in [5.41, 5.74) is 0. The van der Waals surface area contributed by atoms with Crippen LogP contribution >= 0.6 is 0 Å². The third kappa shape index (κ3) is 4.04.